The van der Waals surface area contributed by atoms with Gasteiger partial charge >= 0.3 is 0 Å². The Hall–Kier alpha value is -3.14. The molecule has 0 bridgehead atoms. The van der Waals surface area contributed by atoms with E-state index >= 15 is 0 Å². The van der Waals surface area contributed by atoms with Crippen molar-refractivity contribution in [3.05, 3.63) is 73.7 Å². The summed E-state index contributed by atoms with van der Waals surface area (Å²) in [6.07, 6.45) is 2.86. The molecular weight excluding hydrogens is 376 g/mol. The average molecular weight is 407 g/mol. The summed E-state index contributed by atoms with van der Waals surface area (Å²) in [7, 11) is 0. The van der Waals surface area contributed by atoms with E-state index in [-0.39, 0.29) is 5.41 Å². The molecule has 0 aliphatic carbocycles. The van der Waals surface area contributed by atoms with Crippen LogP contribution in [0.5, 0.6) is 11.5 Å². The molecule has 0 saturated carbocycles. The van der Waals surface area contributed by atoms with Crippen molar-refractivity contribution in [2.24, 2.45) is 0 Å². The van der Waals surface area contributed by atoms with Gasteiger partial charge in [-0.25, -0.2) is 0 Å². The zero-order valence-corrected chi connectivity index (χ0v) is 18.1. The van der Waals surface area contributed by atoms with Crippen LogP contribution in [0.4, 0.5) is 0 Å². The molecule has 0 heterocycles. The molecule has 4 heteroatoms. The summed E-state index contributed by atoms with van der Waals surface area (Å²) >= 11 is 0. The number of rotatable bonds is 10. The van der Waals surface area contributed by atoms with E-state index in [0.717, 1.165) is 33.0 Å². The second-order valence-corrected chi connectivity index (χ2v) is 7.99. The molecule has 0 aromatic heterocycles. The van der Waals surface area contributed by atoms with E-state index in [1.165, 1.54) is 18.1 Å². The van der Waals surface area contributed by atoms with Crippen molar-refractivity contribution in [3.63, 3.8) is 0 Å². The van der Waals surface area contributed by atoms with Crippen molar-refractivity contribution in [1.82, 2.24) is 0 Å². The first-order valence-corrected chi connectivity index (χ1v) is 10.2. The molecule has 30 heavy (non-hydrogen) atoms. The summed E-state index contributed by atoms with van der Waals surface area (Å²) in [4.78, 5) is 0. The van der Waals surface area contributed by atoms with Crippen molar-refractivity contribution >= 4 is 21.5 Å². The van der Waals surface area contributed by atoms with Gasteiger partial charge in [-0.1, -0.05) is 70.3 Å². The molecular formula is C26H30O4. The van der Waals surface area contributed by atoms with Gasteiger partial charge in [0.05, 0.1) is 12.5 Å². The van der Waals surface area contributed by atoms with Gasteiger partial charge in [-0.05, 0) is 17.0 Å². The van der Waals surface area contributed by atoms with Gasteiger partial charge in [0.25, 0.3) is 0 Å². The third-order valence-corrected chi connectivity index (χ3v) is 4.92. The minimum Gasteiger partial charge on any atom is -0.498 e. The Morgan fingerprint density at radius 1 is 0.700 bits per heavy atom. The van der Waals surface area contributed by atoms with Crippen LogP contribution in [0.1, 0.15) is 26.3 Å². The van der Waals surface area contributed by atoms with Crippen molar-refractivity contribution in [1.29, 1.82) is 0 Å². The molecule has 0 atom stereocenters. The summed E-state index contributed by atoms with van der Waals surface area (Å²) < 4.78 is 22.9. The highest BCUT2D eigenvalue weighted by Crippen LogP contribution is 2.44. The molecule has 3 aromatic carbocycles. The summed E-state index contributed by atoms with van der Waals surface area (Å²) in [5, 5.41) is 4.06. The van der Waals surface area contributed by atoms with Gasteiger partial charge in [0, 0.05) is 21.5 Å². The molecule has 3 aromatic rings. The third kappa shape index (κ3) is 4.70. The lowest BCUT2D eigenvalue weighted by Crippen LogP contribution is -2.11. The lowest BCUT2D eigenvalue weighted by molar-refractivity contribution is 0.180. The molecule has 0 fully saturated rings. The molecule has 0 unspecified atom stereocenters. The van der Waals surface area contributed by atoms with Crippen LogP contribution in [-0.4, -0.2) is 26.4 Å². The number of benzene rings is 3. The Morgan fingerprint density at radius 2 is 1.20 bits per heavy atom. The monoisotopic (exact) mass is 406 g/mol. The molecule has 3 rings (SSSR count). The second-order valence-electron chi connectivity index (χ2n) is 7.99. The van der Waals surface area contributed by atoms with Gasteiger partial charge in [-0.3, -0.25) is 0 Å². The van der Waals surface area contributed by atoms with Crippen molar-refractivity contribution < 1.29 is 18.9 Å². The third-order valence-electron chi connectivity index (χ3n) is 4.92. The molecule has 0 aliphatic rings. The highest BCUT2D eigenvalue weighted by molar-refractivity contribution is 6.11. The van der Waals surface area contributed by atoms with Crippen LogP contribution >= 0.6 is 0 Å². The Labute approximate surface area is 178 Å². The normalized spacial score (nSPS) is 11.3. The van der Waals surface area contributed by atoms with E-state index in [0.29, 0.717) is 26.4 Å². The molecule has 0 N–H and O–H groups in total. The van der Waals surface area contributed by atoms with Crippen LogP contribution in [0.2, 0.25) is 0 Å². The SMILES string of the molecule is C=COCCOc1c2ccccc2c(OCCOC=C)c2cc(C(C)(C)C)ccc12. The van der Waals surface area contributed by atoms with Crippen molar-refractivity contribution in [2.75, 3.05) is 26.4 Å². The lowest BCUT2D eigenvalue weighted by atomic mass is 9.85. The predicted octanol–water partition coefficient (Wildman–Crippen LogP) is 6.37. The van der Waals surface area contributed by atoms with Crippen LogP contribution < -0.4 is 9.47 Å². The Morgan fingerprint density at radius 3 is 1.70 bits per heavy atom. The van der Waals surface area contributed by atoms with Gasteiger partial charge in [0.1, 0.15) is 37.9 Å². The van der Waals surface area contributed by atoms with Gasteiger partial charge in [-0.15, -0.1) is 0 Å². The number of ether oxygens (including phenoxy) is 4. The average Bonchev–Trinajstić information content (AvgIpc) is 2.73. The zero-order chi connectivity index (χ0) is 21.6. The quantitative estimate of drug-likeness (QED) is 0.223. The first kappa shape index (κ1) is 21.6. The molecule has 4 nitrogen and oxygen atoms in total. The maximum absolute atomic E-state index is 6.23. The fourth-order valence-corrected chi connectivity index (χ4v) is 3.43. The number of fused-ring (bicyclic) bond motifs is 2. The molecule has 0 radical (unpaired) electrons. The maximum atomic E-state index is 6.23. The molecule has 158 valence electrons. The fourth-order valence-electron chi connectivity index (χ4n) is 3.43. The topological polar surface area (TPSA) is 36.9 Å². The highest BCUT2D eigenvalue weighted by atomic mass is 16.5. The first-order valence-electron chi connectivity index (χ1n) is 10.2. The second kappa shape index (κ2) is 9.57. The molecule has 0 aliphatic heterocycles. The maximum Gasteiger partial charge on any atom is 0.135 e. The van der Waals surface area contributed by atoms with E-state index in [1.54, 1.807) is 0 Å². The van der Waals surface area contributed by atoms with Gasteiger partial charge in [0.2, 0.25) is 0 Å². The van der Waals surface area contributed by atoms with E-state index < -0.39 is 0 Å². The van der Waals surface area contributed by atoms with Gasteiger partial charge in [0.15, 0.2) is 0 Å². The fraction of sp³-hybridized carbons (Fsp3) is 0.308. The minimum absolute atomic E-state index is 0.0158. The standard InChI is InChI=1S/C26H30O4/c1-6-27-14-16-29-24-20-10-8-9-11-21(20)25(30-17-15-28-7-2)23-18-19(26(3,4)5)12-13-22(23)24/h6-13,18H,1-2,14-17H2,3-5H3. The molecule has 0 spiro atoms. The Kier molecular flexibility index (Phi) is 6.88. The van der Waals surface area contributed by atoms with Crippen molar-refractivity contribution in [2.45, 2.75) is 26.2 Å². The Bertz CT molecular complexity index is 1030. The van der Waals surface area contributed by atoms with Crippen LogP contribution in [0.3, 0.4) is 0 Å². The minimum atomic E-state index is 0.0158. The number of hydrogen-bond donors (Lipinski definition) is 0. The van der Waals surface area contributed by atoms with Gasteiger partial charge in [-0.2, -0.15) is 0 Å². The van der Waals surface area contributed by atoms with E-state index in [4.69, 9.17) is 18.9 Å². The van der Waals surface area contributed by atoms with Gasteiger partial charge < -0.3 is 18.9 Å². The number of hydrogen-bond acceptors (Lipinski definition) is 4. The van der Waals surface area contributed by atoms with E-state index in [2.05, 4.69) is 64.3 Å². The lowest BCUT2D eigenvalue weighted by Gasteiger charge is -2.22. The largest absolute Gasteiger partial charge is 0.498 e. The van der Waals surface area contributed by atoms with Crippen LogP contribution in [-0.2, 0) is 14.9 Å². The Balaban J connectivity index is 2.18. The molecule has 0 saturated heterocycles. The van der Waals surface area contributed by atoms with Crippen LogP contribution in [0.25, 0.3) is 21.5 Å². The smallest absolute Gasteiger partial charge is 0.135 e. The first-order chi connectivity index (χ1) is 14.5. The van der Waals surface area contributed by atoms with E-state index in [1.807, 2.05) is 12.1 Å². The van der Waals surface area contributed by atoms with Crippen molar-refractivity contribution in [3.8, 4) is 11.5 Å². The highest BCUT2D eigenvalue weighted by Gasteiger charge is 2.20. The van der Waals surface area contributed by atoms with Crippen LogP contribution in [0, 0.1) is 0 Å². The summed E-state index contributed by atoms with van der Waals surface area (Å²) in [6.45, 7) is 15.5. The molecule has 0 amide bonds. The summed E-state index contributed by atoms with van der Waals surface area (Å²) in [5.41, 5.74) is 1.25. The summed E-state index contributed by atoms with van der Waals surface area (Å²) in [6, 6.07) is 14.6. The zero-order valence-electron chi connectivity index (χ0n) is 18.1. The van der Waals surface area contributed by atoms with Crippen LogP contribution in [0.15, 0.2) is 68.1 Å². The summed E-state index contributed by atoms with van der Waals surface area (Å²) in [5.74, 6) is 1.68. The van der Waals surface area contributed by atoms with E-state index in [9.17, 15) is 0 Å². The predicted molar refractivity (Wildman–Crippen MR) is 123 cm³/mol.